The summed E-state index contributed by atoms with van der Waals surface area (Å²) in [7, 11) is 0. The molecule has 27 heavy (non-hydrogen) atoms. The van der Waals surface area contributed by atoms with Crippen LogP contribution < -0.4 is 10.2 Å². The summed E-state index contributed by atoms with van der Waals surface area (Å²) in [6.45, 7) is 2.51. The van der Waals surface area contributed by atoms with E-state index in [4.69, 9.17) is 4.52 Å². The van der Waals surface area contributed by atoms with Crippen LogP contribution in [-0.2, 0) is 6.54 Å². The van der Waals surface area contributed by atoms with Crippen LogP contribution in [0.2, 0.25) is 0 Å². The zero-order valence-corrected chi connectivity index (χ0v) is 15.0. The summed E-state index contributed by atoms with van der Waals surface area (Å²) in [4.78, 5) is 22.9. The molecule has 0 atom stereocenters. The molecular formula is C20H21N5O2. The second kappa shape index (κ2) is 7.99. The van der Waals surface area contributed by atoms with Gasteiger partial charge in [0, 0.05) is 30.5 Å². The van der Waals surface area contributed by atoms with Crippen molar-refractivity contribution in [3.63, 3.8) is 0 Å². The van der Waals surface area contributed by atoms with Crippen molar-refractivity contribution in [1.29, 1.82) is 0 Å². The molecule has 0 radical (unpaired) electrons. The quantitative estimate of drug-likeness (QED) is 0.750. The number of amides is 1. The Bertz CT molecular complexity index is 886. The van der Waals surface area contributed by atoms with Gasteiger partial charge < -0.3 is 14.7 Å². The molecule has 0 unspecified atom stereocenters. The van der Waals surface area contributed by atoms with E-state index in [9.17, 15) is 4.79 Å². The summed E-state index contributed by atoms with van der Waals surface area (Å²) in [5.74, 6) is -0.0615. The van der Waals surface area contributed by atoms with Crippen LogP contribution in [0.5, 0.6) is 0 Å². The van der Waals surface area contributed by atoms with Crippen LogP contribution in [0.15, 0.2) is 53.2 Å². The molecule has 7 nitrogen and oxygen atoms in total. The standard InChI is InChI=1S/C20H21N5O2/c26-19(22-14-16-6-2-3-11-21-16)20-23-18(24-27-20)15-7-9-17(10-8-15)25-12-4-1-5-13-25/h2-3,6-11H,1,4-5,12-14H2,(H,22,26). The van der Waals surface area contributed by atoms with Gasteiger partial charge in [0.25, 0.3) is 0 Å². The second-order valence-corrected chi connectivity index (χ2v) is 6.52. The fraction of sp³-hybridized carbons (Fsp3) is 0.300. The molecule has 0 aliphatic carbocycles. The molecule has 1 fully saturated rings. The van der Waals surface area contributed by atoms with E-state index in [2.05, 4.69) is 37.5 Å². The number of carbonyl (C=O) groups is 1. The van der Waals surface area contributed by atoms with Gasteiger partial charge in [0.1, 0.15) is 0 Å². The Hall–Kier alpha value is -3.22. The van der Waals surface area contributed by atoms with Crippen LogP contribution >= 0.6 is 0 Å². The van der Waals surface area contributed by atoms with Crippen molar-refractivity contribution in [1.82, 2.24) is 20.4 Å². The van der Waals surface area contributed by atoms with Gasteiger partial charge in [-0.2, -0.15) is 4.98 Å². The van der Waals surface area contributed by atoms with Gasteiger partial charge in [0.05, 0.1) is 12.2 Å². The van der Waals surface area contributed by atoms with Crippen molar-refractivity contribution < 1.29 is 9.32 Å². The summed E-state index contributed by atoms with van der Waals surface area (Å²) >= 11 is 0. The molecule has 3 heterocycles. The van der Waals surface area contributed by atoms with Gasteiger partial charge in [0.2, 0.25) is 5.82 Å². The molecule has 4 rings (SSSR count). The highest BCUT2D eigenvalue weighted by Gasteiger charge is 2.17. The highest BCUT2D eigenvalue weighted by Crippen LogP contribution is 2.23. The summed E-state index contributed by atoms with van der Waals surface area (Å²) < 4.78 is 5.11. The number of piperidine rings is 1. The van der Waals surface area contributed by atoms with Crippen molar-refractivity contribution in [3.8, 4) is 11.4 Å². The van der Waals surface area contributed by atoms with Gasteiger partial charge in [-0.3, -0.25) is 9.78 Å². The molecule has 0 bridgehead atoms. The summed E-state index contributed by atoms with van der Waals surface area (Å²) in [5.41, 5.74) is 2.79. The first-order valence-corrected chi connectivity index (χ1v) is 9.17. The molecule has 1 aromatic carbocycles. The minimum atomic E-state index is -0.413. The Morgan fingerprint density at radius 1 is 1.07 bits per heavy atom. The molecule has 7 heteroatoms. The van der Waals surface area contributed by atoms with Gasteiger partial charge >= 0.3 is 11.8 Å². The third kappa shape index (κ3) is 4.13. The number of hydrogen-bond donors (Lipinski definition) is 1. The molecule has 1 aliphatic heterocycles. The Kier molecular flexibility index (Phi) is 5.09. The molecule has 1 saturated heterocycles. The minimum absolute atomic E-state index is 0.0546. The normalized spacial score (nSPS) is 14.1. The van der Waals surface area contributed by atoms with E-state index in [-0.39, 0.29) is 5.89 Å². The Morgan fingerprint density at radius 3 is 2.63 bits per heavy atom. The van der Waals surface area contributed by atoms with E-state index in [1.807, 2.05) is 30.3 Å². The number of benzene rings is 1. The molecule has 1 aliphatic rings. The Morgan fingerprint density at radius 2 is 1.89 bits per heavy atom. The maximum Gasteiger partial charge on any atom is 0.316 e. The number of nitrogens with one attached hydrogen (secondary N) is 1. The van der Waals surface area contributed by atoms with Gasteiger partial charge in [-0.25, -0.2) is 0 Å². The fourth-order valence-corrected chi connectivity index (χ4v) is 3.16. The lowest BCUT2D eigenvalue weighted by Crippen LogP contribution is -2.29. The van der Waals surface area contributed by atoms with E-state index in [1.165, 1.54) is 24.9 Å². The van der Waals surface area contributed by atoms with E-state index < -0.39 is 5.91 Å². The molecule has 2 aromatic heterocycles. The highest BCUT2D eigenvalue weighted by molar-refractivity contribution is 5.89. The first-order valence-electron chi connectivity index (χ1n) is 9.17. The fourth-order valence-electron chi connectivity index (χ4n) is 3.16. The maximum absolute atomic E-state index is 12.2. The molecule has 138 valence electrons. The zero-order chi connectivity index (χ0) is 18.5. The molecule has 3 aromatic rings. The number of pyridine rings is 1. The van der Waals surface area contributed by atoms with Crippen molar-refractivity contribution in [2.24, 2.45) is 0 Å². The van der Waals surface area contributed by atoms with Crippen LogP contribution in [0.4, 0.5) is 5.69 Å². The van der Waals surface area contributed by atoms with Crippen molar-refractivity contribution in [2.75, 3.05) is 18.0 Å². The van der Waals surface area contributed by atoms with Crippen LogP contribution in [0.3, 0.4) is 0 Å². The summed E-state index contributed by atoms with van der Waals surface area (Å²) in [6, 6.07) is 13.6. The smallest absolute Gasteiger partial charge is 0.316 e. The van der Waals surface area contributed by atoms with Gasteiger partial charge in [-0.05, 0) is 55.7 Å². The molecular weight excluding hydrogens is 342 g/mol. The number of hydrogen-bond acceptors (Lipinski definition) is 6. The monoisotopic (exact) mass is 363 g/mol. The van der Waals surface area contributed by atoms with E-state index in [1.54, 1.807) is 6.20 Å². The predicted octanol–water partition coefficient (Wildman–Crippen LogP) is 3.05. The van der Waals surface area contributed by atoms with Gasteiger partial charge in [0.15, 0.2) is 0 Å². The third-order valence-electron chi connectivity index (χ3n) is 4.62. The molecule has 1 N–H and O–H groups in total. The van der Waals surface area contributed by atoms with E-state index in [0.29, 0.717) is 12.4 Å². The maximum atomic E-state index is 12.2. The van der Waals surface area contributed by atoms with Crippen LogP contribution in [0.1, 0.15) is 35.6 Å². The second-order valence-electron chi connectivity index (χ2n) is 6.52. The van der Waals surface area contributed by atoms with Crippen LogP contribution in [0.25, 0.3) is 11.4 Å². The zero-order valence-electron chi connectivity index (χ0n) is 15.0. The van der Waals surface area contributed by atoms with Crippen LogP contribution in [-0.4, -0.2) is 34.1 Å². The van der Waals surface area contributed by atoms with Crippen molar-refractivity contribution in [2.45, 2.75) is 25.8 Å². The lowest BCUT2D eigenvalue weighted by molar-refractivity contribution is 0.0906. The Labute approximate surface area is 157 Å². The molecule has 0 saturated carbocycles. The number of aromatic nitrogens is 3. The van der Waals surface area contributed by atoms with Crippen molar-refractivity contribution in [3.05, 3.63) is 60.2 Å². The minimum Gasteiger partial charge on any atom is -0.372 e. The Balaban J connectivity index is 1.40. The first-order chi connectivity index (χ1) is 13.3. The number of rotatable bonds is 5. The van der Waals surface area contributed by atoms with Gasteiger partial charge in [-0.15, -0.1) is 0 Å². The average molecular weight is 363 g/mol. The lowest BCUT2D eigenvalue weighted by atomic mass is 10.1. The van der Waals surface area contributed by atoms with Gasteiger partial charge in [-0.1, -0.05) is 11.2 Å². The van der Waals surface area contributed by atoms with E-state index in [0.717, 1.165) is 24.3 Å². The van der Waals surface area contributed by atoms with Crippen molar-refractivity contribution >= 4 is 11.6 Å². The largest absolute Gasteiger partial charge is 0.372 e. The summed E-state index contributed by atoms with van der Waals surface area (Å²) in [5, 5.41) is 6.66. The lowest BCUT2D eigenvalue weighted by Gasteiger charge is -2.28. The number of nitrogens with zero attached hydrogens (tertiary/aromatic N) is 4. The predicted molar refractivity (Wildman–Crippen MR) is 101 cm³/mol. The molecule has 0 spiro atoms. The third-order valence-corrected chi connectivity index (χ3v) is 4.62. The SMILES string of the molecule is O=C(NCc1ccccn1)c1nc(-c2ccc(N3CCCCC3)cc2)no1. The highest BCUT2D eigenvalue weighted by atomic mass is 16.5. The number of anilines is 1. The number of carbonyl (C=O) groups excluding carboxylic acids is 1. The average Bonchev–Trinajstić information content (AvgIpc) is 3.24. The summed E-state index contributed by atoms with van der Waals surface area (Å²) in [6.07, 6.45) is 5.47. The first kappa shape index (κ1) is 17.2. The van der Waals surface area contributed by atoms with Crippen LogP contribution in [0, 0.1) is 0 Å². The topological polar surface area (TPSA) is 84.2 Å². The van der Waals surface area contributed by atoms with E-state index >= 15 is 0 Å². The molecule has 1 amide bonds.